The van der Waals surface area contributed by atoms with Gasteiger partial charge in [-0.3, -0.25) is 0 Å². The largest absolute Gasteiger partial charge is 0.370 e. The number of aryl methyl sites for hydroxylation is 1. The first-order chi connectivity index (χ1) is 14.6. The van der Waals surface area contributed by atoms with Gasteiger partial charge in [-0.15, -0.1) is 5.10 Å². The predicted molar refractivity (Wildman–Crippen MR) is 115 cm³/mol. The van der Waals surface area contributed by atoms with E-state index in [1.54, 1.807) is 0 Å². The first kappa shape index (κ1) is 19.1. The Bertz CT molecular complexity index is 1060. The van der Waals surface area contributed by atoms with Gasteiger partial charge in [0.15, 0.2) is 11.5 Å². The summed E-state index contributed by atoms with van der Waals surface area (Å²) in [6, 6.07) is 16.6. The third kappa shape index (κ3) is 3.05. The summed E-state index contributed by atoms with van der Waals surface area (Å²) in [4.78, 5) is 7.16. The van der Waals surface area contributed by atoms with Gasteiger partial charge in [-0.2, -0.15) is 5.26 Å². The minimum absolute atomic E-state index is 0.103. The van der Waals surface area contributed by atoms with Crippen LogP contribution in [0.2, 0.25) is 0 Å². The van der Waals surface area contributed by atoms with Crippen LogP contribution in [0.25, 0.3) is 5.65 Å². The Morgan fingerprint density at radius 1 is 1.20 bits per heavy atom. The maximum Gasteiger partial charge on any atom is 0.184 e. The molecule has 2 aromatic heterocycles. The van der Waals surface area contributed by atoms with Gasteiger partial charge in [0.2, 0.25) is 0 Å². The number of hydrogen-bond acceptors (Lipinski definition) is 5. The summed E-state index contributed by atoms with van der Waals surface area (Å²) in [6.07, 6.45) is 4.18. The maximum absolute atomic E-state index is 9.44. The number of benzene rings is 1. The van der Waals surface area contributed by atoms with Crippen molar-refractivity contribution < 1.29 is 4.74 Å². The van der Waals surface area contributed by atoms with Crippen LogP contribution in [0.4, 0.5) is 5.69 Å². The molecule has 4 fully saturated rings. The highest BCUT2D eigenvalue weighted by atomic mass is 16.5. The lowest BCUT2D eigenvalue weighted by Gasteiger charge is -2.38. The summed E-state index contributed by atoms with van der Waals surface area (Å²) in [5.41, 5.74) is 2.62. The lowest BCUT2D eigenvalue weighted by Crippen LogP contribution is -2.45. The zero-order valence-corrected chi connectivity index (χ0v) is 17.5. The molecule has 3 aliphatic heterocycles. The Hall–Kier alpha value is -2.91. The number of nitriles is 1. The fourth-order valence-corrected chi connectivity index (χ4v) is 4.96. The van der Waals surface area contributed by atoms with Crippen molar-refractivity contribution in [2.75, 3.05) is 24.6 Å². The SMILES string of the molecule is Cc1cc(N2CCC(C)C2)cn2nc(C34CC(CO3)C4C#N)nc12.c1ccccc1. The molecule has 1 saturated carbocycles. The lowest BCUT2D eigenvalue weighted by atomic mass is 9.64. The quantitative estimate of drug-likeness (QED) is 0.650. The summed E-state index contributed by atoms with van der Waals surface area (Å²) < 4.78 is 7.82. The smallest absolute Gasteiger partial charge is 0.184 e. The number of aromatic nitrogens is 3. The van der Waals surface area contributed by atoms with Crippen LogP contribution in [0.1, 0.15) is 31.2 Å². The lowest BCUT2D eigenvalue weighted by molar-refractivity contribution is -0.0420. The van der Waals surface area contributed by atoms with E-state index in [0.717, 1.165) is 36.6 Å². The topological polar surface area (TPSA) is 66.5 Å². The van der Waals surface area contributed by atoms with Crippen molar-refractivity contribution in [3.05, 3.63) is 60.0 Å². The van der Waals surface area contributed by atoms with Crippen molar-refractivity contribution in [1.82, 2.24) is 14.6 Å². The van der Waals surface area contributed by atoms with Crippen LogP contribution in [-0.4, -0.2) is 34.3 Å². The maximum atomic E-state index is 9.44. The molecule has 1 aliphatic carbocycles. The Labute approximate surface area is 177 Å². The van der Waals surface area contributed by atoms with Crippen LogP contribution in [0.15, 0.2) is 48.7 Å². The van der Waals surface area contributed by atoms with Crippen LogP contribution >= 0.6 is 0 Å². The molecule has 4 aliphatic rings. The van der Waals surface area contributed by atoms with Crippen molar-refractivity contribution in [1.29, 1.82) is 5.26 Å². The van der Waals surface area contributed by atoms with Gasteiger partial charge in [-0.05, 0) is 37.3 Å². The second-order valence-corrected chi connectivity index (χ2v) is 8.85. The number of pyridine rings is 1. The van der Waals surface area contributed by atoms with Gasteiger partial charge in [0.05, 0.1) is 30.5 Å². The first-order valence-electron chi connectivity index (χ1n) is 10.8. The van der Waals surface area contributed by atoms with Crippen molar-refractivity contribution >= 4 is 11.3 Å². The highest BCUT2D eigenvalue weighted by molar-refractivity contribution is 5.57. The minimum atomic E-state index is -0.569. The summed E-state index contributed by atoms with van der Waals surface area (Å²) in [5.74, 6) is 1.66. The molecule has 3 aromatic rings. The zero-order valence-electron chi connectivity index (χ0n) is 17.5. The minimum Gasteiger partial charge on any atom is -0.370 e. The molecule has 0 radical (unpaired) electrons. The third-order valence-corrected chi connectivity index (χ3v) is 6.67. The van der Waals surface area contributed by atoms with Gasteiger partial charge in [-0.1, -0.05) is 43.3 Å². The number of fused-ring (bicyclic) bond motifs is 2. The van der Waals surface area contributed by atoms with E-state index in [0.29, 0.717) is 18.3 Å². The molecule has 4 atom stereocenters. The summed E-state index contributed by atoms with van der Waals surface area (Å²) >= 11 is 0. The second kappa shape index (κ2) is 7.41. The van der Waals surface area contributed by atoms with Crippen molar-refractivity contribution in [2.24, 2.45) is 17.8 Å². The molecular weight excluding hydrogens is 374 g/mol. The fraction of sp³-hybridized carbons (Fsp3) is 0.458. The van der Waals surface area contributed by atoms with Crippen LogP contribution < -0.4 is 4.90 Å². The highest BCUT2D eigenvalue weighted by Gasteiger charge is 2.64. The Morgan fingerprint density at radius 2 is 1.93 bits per heavy atom. The number of rotatable bonds is 2. The Kier molecular flexibility index (Phi) is 4.71. The molecular formula is C24H27N5O. The van der Waals surface area contributed by atoms with Crippen LogP contribution in [-0.2, 0) is 10.3 Å². The molecule has 4 unspecified atom stereocenters. The third-order valence-electron chi connectivity index (χ3n) is 6.67. The van der Waals surface area contributed by atoms with Crippen LogP contribution in [0, 0.1) is 36.0 Å². The standard InChI is InChI=1S/C18H21N5O.C6H6/c1-11-3-4-22(8-11)14-5-12(2)16-20-17(21-23(16)9-14)18-6-13(10-24-18)15(18)7-19;1-2-4-6-5-3-1/h5,9,11,13,15H,3-4,6,8,10H2,1-2H3;1-6H. The summed E-state index contributed by atoms with van der Waals surface area (Å²) in [5, 5.41) is 14.2. The van der Waals surface area contributed by atoms with Crippen molar-refractivity contribution in [3.8, 4) is 6.07 Å². The first-order valence-corrected chi connectivity index (χ1v) is 10.8. The van der Waals surface area contributed by atoms with E-state index in [9.17, 15) is 5.26 Å². The fourth-order valence-electron chi connectivity index (χ4n) is 4.96. The zero-order chi connectivity index (χ0) is 20.7. The van der Waals surface area contributed by atoms with Gasteiger partial charge >= 0.3 is 0 Å². The van der Waals surface area contributed by atoms with E-state index in [1.165, 1.54) is 12.1 Å². The van der Waals surface area contributed by atoms with E-state index in [4.69, 9.17) is 14.8 Å². The molecule has 0 amide bonds. The average molecular weight is 402 g/mol. The molecule has 30 heavy (non-hydrogen) atoms. The van der Waals surface area contributed by atoms with E-state index < -0.39 is 5.60 Å². The molecule has 6 nitrogen and oxygen atoms in total. The van der Waals surface area contributed by atoms with E-state index in [2.05, 4.69) is 37.1 Å². The van der Waals surface area contributed by atoms with Gasteiger partial charge in [0.25, 0.3) is 0 Å². The van der Waals surface area contributed by atoms with Gasteiger partial charge in [-0.25, -0.2) is 9.50 Å². The number of anilines is 1. The van der Waals surface area contributed by atoms with Crippen LogP contribution in [0.3, 0.4) is 0 Å². The highest BCUT2D eigenvalue weighted by Crippen LogP contribution is 2.58. The molecule has 1 aromatic carbocycles. The Balaban J connectivity index is 0.000000279. The predicted octanol–water partition coefficient (Wildman–Crippen LogP) is 3.96. The van der Waals surface area contributed by atoms with E-state index in [-0.39, 0.29) is 5.92 Å². The van der Waals surface area contributed by atoms with E-state index >= 15 is 0 Å². The molecule has 7 rings (SSSR count). The molecule has 6 heteroatoms. The molecule has 3 saturated heterocycles. The van der Waals surface area contributed by atoms with Gasteiger partial charge in [0.1, 0.15) is 5.60 Å². The van der Waals surface area contributed by atoms with Crippen molar-refractivity contribution in [3.63, 3.8) is 0 Å². The molecule has 0 N–H and O–H groups in total. The molecule has 2 bridgehead atoms. The summed E-state index contributed by atoms with van der Waals surface area (Å²) in [6.45, 7) is 7.22. The Morgan fingerprint density at radius 3 is 2.53 bits per heavy atom. The molecule has 154 valence electrons. The second-order valence-electron chi connectivity index (χ2n) is 8.85. The number of ether oxygens (including phenoxy) is 1. The molecule has 5 heterocycles. The van der Waals surface area contributed by atoms with Gasteiger partial charge in [0, 0.05) is 19.0 Å². The monoisotopic (exact) mass is 401 g/mol. The van der Waals surface area contributed by atoms with E-state index in [1.807, 2.05) is 40.9 Å². The van der Waals surface area contributed by atoms with Crippen molar-refractivity contribution in [2.45, 2.75) is 32.3 Å². The normalized spacial score (nSPS) is 29.2. The number of hydrogen-bond donors (Lipinski definition) is 0. The van der Waals surface area contributed by atoms with Gasteiger partial charge < -0.3 is 9.64 Å². The molecule has 0 spiro atoms. The summed E-state index contributed by atoms with van der Waals surface area (Å²) in [7, 11) is 0. The number of nitrogens with zero attached hydrogens (tertiary/aromatic N) is 5. The van der Waals surface area contributed by atoms with Crippen LogP contribution in [0.5, 0.6) is 0 Å². The average Bonchev–Trinajstić information content (AvgIpc) is 3.52.